The van der Waals surface area contributed by atoms with Crippen LogP contribution < -0.4 is 0 Å². The molecule has 0 fully saturated rings. The molecule has 5 N–H and O–H groups in total. The molecule has 8 heteroatoms. The zero-order chi connectivity index (χ0) is 10.8. The summed E-state index contributed by atoms with van der Waals surface area (Å²) in [6, 6.07) is 0. The first kappa shape index (κ1) is 17.3. The van der Waals surface area contributed by atoms with Gasteiger partial charge in [0.1, 0.15) is 0 Å². The average molecular weight is 202 g/mol. The van der Waals surface area contributed by atoms with E-state index in [4.69, 9.17) is 34.3 Å². The van der Waals surface area contributed by atoms with E-state index in [2.05, 4.69) is 6.58 Å². The van der Waals surface area contributed by atoms with Gasteiger partial charge in [0.15, 0.2) is 0 Å². The summed E-state index contributed by atoms with van der Waals surface area (Å²) in [5, 5.41) is 13.9. The molecule has 12 heavy (non-hydrogen) atoms. The van der Waals surface area contributed by atoms with E-state index in [-0.39, 0.29) is 0 Å². The van der Waals surface area contributed by atoms with Crippen LogP contribution in [0.25, 0.3) is 0 Å². The highest BCUT2D eigenvalue weighted by molar-refractivity contribution is 7.45. The summed E-state index contributed by atoms with van der Waals surface area (Å²) in [5.41, 5.74) is 0. The van der Waals surface area contributed by atoms with Crippen LogP contribution in [-0.4, -0.2) is 31.0 Å². The number of carbonyl (C=O) groups is 1. The second-order valence-corrected chi connectivity index (χ2v) is 2.23. The summed E-state index contributed by atoms with van der Waals surface area (Å²) in [6.07, 6.45) is -0.0833. The molecule has 0 aromatic heterocycles. The lowest BCUT2D eigenvalue weighted by atomic mass is 10.8. The Morgan fingerprint density at radius 1 is 1.33 bits per heavy atom. The van der Waals surface area contributed by atoms with Crippen molar-refractivity contribution in [2.75, 3.05) is 0 Å². The number of allylic oxidation sites excluding steroid dienone is 1. The van der Waals surface area contributed by atoms with Gasteiger partial charge in [0.25, 0.3) is 0 Å². The summed E-state index contributed by atoms with van der Waals surface area (Å²) < 4.78 is 8.88. The standard InChI is InChI=1S/C3H6.CH2O3.H3O4P/c1-3-2;2-1(3)4;1-5(2,3)4/h3H,1H2,2H3;(H2,2,3,4);(H3,1,2,3,4). The highest BCUT2D eigenvalue weighted by Gasteiger charge is 2.00. The van der Waals surface area contributed by atoms with E-state index in [0.717, 1.165) is 0 Å². The number of phosphoric acid groups is 1. The van der Waals surface area contributed by atoms with Crippen molar-refractivity contribution in [2.45, 2.75) is 6.92 Å². The van der Waals surface area contributed by atoms with Crippen molar-refractivity contribution in [2.24, 2.45) is 0 Å². The van der Waals surface area contributed by atoms with E-state index in [9.17, 15) is 0 Å². The Bertz CT molecular complexity index is 147. The maximum Gasteiger partial charge on any atom is 0.503 e. The summed E-state index contributed by atoms with van der Waals surface area (Å²) >= 11 is 0. The van der Waals surface area contributed by atoms with E-state index >= 15 is 0 Å². The van der Waals surface area contributed by atoms with Crippen LogP contribution in [0.4, 0.5) is 4.79 Å². The molecule has 0 aliphatic rings. The largest absolute Gasteiger partial charge is 0.503 e. The van der Waals surface area contributed by atoms with Crippen LogP contribution in [-0.2, 0) is 4.57 Å². The van der Waals surface area contributed by atoms with Crippen molar-refractivity contribution >= 4 is 14.0 Å². The van der Waals surface area contributed by atoms with Gasteiger partial charge in [-0.1, -0.05) is 6.08 Å². The van der Waals surface area contributed by atoms with Crippen LogP contribution in [0.2, 0.25) is 0 Å². The van der Waals surface area contributed by atoms with Gasteiger partial charge in [0.2, 0.25) is 0 Å². The molecule has 0 aromatic rings. The Labute approximate surface area is 68.8 Å². The fourth-order valence-corrected chi connectivity index (χ4v) is 0. The molecule has 0 unspecified atom stereocenters. The smallest absolute Gasteiger partial charge is 0.450 e. The van der Waals surface area contributed by atoms with E-state index in [0.29, 0.717) is 0 Å². The molecule has 0 atom stereocenters. The first-order valence-corrected chi connectivity index (χ1v) is 3.98. The molecule has 0 aliphatic heterocycles. The third-order valence-electron chi connectivity index (χ3n) is 0. The molecule has 0 rings (SSSR count). The van der Waals surface area contributed by atoms with Crippen molar-refractivity contribution in [1.29, 1.82) is 0 Å². The fourth-order valence-electron chi connectivity index (χ4n) is 0. The van der Waals surface area contributed by atoms with E-state index in [1.807, 2.05) is 6.92 Å². The highest BCUT2D eigenvalue weighted by Crippen LogP contribution is 2.25. The molecule has 74 valence electrons. The Balaban J connectivity index is -0.000000105. The predicted molar refractivity (Wildman–Crippen MR) is 40.8 cm³/mol. The van der Waals surface area contributed by atoms with Gasteiger partial charge in [-0.25, -0.2) is 9.36 Å². The number of rotatable bonds is 0. The van der Waals surface area contributed by atoms with Gasteiger partial charge in [0, 0.05) is 0 Å². The van der Waals surface area contributed by atoms with Crippen LogP contribution in [0.3, 0.4) is 0 Å². The van der Waals surface area contributed by atoms with Crippen LogP contribution in [0.15, 0.2) is 12.7 Å². The molecule has 0 bridgehead atoms. The summed E-state index contributed by atoms with van der Waals surface area (Å²) in [5.74, 6) is 0. The Morgan fingerprint density at radius 2 is 1.33 bits per heavy atom. The van der Waals surface area contributed by atoms with Crippen molar-refractivity contribution in [1.82, 2.24) is 0 Å². The van der Waals surface area contributed by atoms with Crippen LogP contribution in [0.5, 0.6) is 0 Å². The molecule has 0 heterocycles. The van der Waals surface area contributed by atoms with E-state index < -0.39 is 14.0 Å². The predicted octanol–water partition coefficient (Wildman–Crippen LogP) is 0.486. The van der Waals surface area contributed by atoms with Gasteiger partial charge in [-0.3, -0.25) is 0 Å². The van der Waals surface area contributed by atoms with Gasteiger partial charge in [-0.15, -0.1) is 6.58 Å². The van der Waals surface area contributed by atoms with E-state index in [1.165, 1.54) is 0 Å². The second kappa shape index (κ2) is 10.1. The number of carboxylic acid groups (broad SMARTS) is 2. The minimum atomic E-state index is -4.64. The zero-order valence-electron chi connectivity index (χ0n) is 6.28. The van der Waals surface area contributed by atoms with Crippen molar-refractivity contribution in [3.8, 4) is 0 Å². The number of hydrogen-bond donors (Lipinski definition) is 5. The minimum Gasteiger partial charge on any atom is -0.450 e. The first-order valence-electron chi connectivity index (χ1n) is 2.42. The SMILES string of the molecule is C=CC.O=C(O)O.O=P(O)(O)O. The Morgan fingerprint density at radius 3 is 1.33 bits per heavy atom. The molecule has 7 nitrogen and oxygen atoms in total. The quantitative estimate of drug-likeness (QED) is 0.284. The molecule has 0 aromatic carbocycles. The van der Waals surface area contributed by atoms with Crippen molar-refractivity contribution in [3.63, 3.8) is 0 Å². The fraction of sp³-hybridized carbons (Fsp3) is 0.250. The third-order valence-corrected chi connectivity index (χ3v) is 0. The summed E-state index contributed by atoms with van der Waals surface area (Å²) in [7, 11) is -4.64. The highest BCUT2D eigenvalue weighted by atomic mass is 31.2. The molecular weight excluding hydrogens is 191 g/mol. The third kappa shape index (κ3) is 777. The lowest BCUT2D eigenvalue weighted by molar-refractivity contribution is 0.137. The normalized spacial score (nSPS) is 8.00. The van der Waals surface area contributed by atoms with Gasteiger partial charge < -0.3 is 24.9 Å². The first-order chi connectivity index (χ1) is 5.15. The Hall–Kier alpha value is -0.880. The lowest BCUT2D eigenvalue weighted by Gasteiger charge is -1.82. The average Bonchev–Trinajstić information content (AvgIpc) is 1.56. The molecule has 0 radical (unpaired) electrons. The molecule has 0 saturated carbocycles. The zero-order valence-corrected chi connectivity index (χ0v) is 7.18. The molecular formula is C4H11O7P. The second-order valence-electron chi connectivity index (χ2n) is 1.20. The van der Waals surface area contributed by atoms with Crippen LogP contribution in [0.1, 0.15) is 6.92 Å². The topological polar surface area (TPSA) is 135 Å². The molecule has 0 spiro atoms. The lowest BCUT2D eigenvalue weighted by Crippen LogP contribution is -1.81. The van der Waals surface area contributed by atoms with Gasteiger partial charge >= 0.3 is 14.0 Å². The molecule has 0 amide bonds. The van der Waals surface area contributed by atoms with Crippen LogP contribution >= 0.6 is 7.82 Å². The maximum atomic E-state index is 8.88. The summed E-state index contributed by atoms with van der Waals surface area (Å²) in [6.45, 7) is 5.25. The Kier molecular flexibility index (Phi) is 14.6. The monoisotopic (exact) mass is 202 g/mol. The van der Waals surface area contributed by atoms with Crippen molar-refractivity contribution < 1.29 is 34.3 Å². The number of hydrogen-bond acceptors (Lipinski definition) is 2. The van der Waals surface area contributed by atoms with Gasteiger partial charge in [0.05, 0.1) is 0 Å². The van der Waals surface area contributed by atoms with Crippen LogP contribution in [0, 0.1) is 0 Å². The van der Waals surface area contributed by atoms with Gasteiger partial charge in [-0.05, 0) is 6.92 Å². The van der Waals surface area contributed by atoms with E-state index in [1.54, 1.807) is 6.08 Å². The maximum absolute atomic E-state index is 8.88. The summed E-state index contributed by atoms with van der Waals surface area (Å²) in [4.78, 5) is 30.1. The van der Waals surface area contributed by atoms with Gasteiger partial charge in [-0.2, -0.15) is 0 Å². The molecule has 0 saturated heterocycles. The van der Waals surface area contributed by atoms with Crippen molar-refractivity contribution in [3.05, 3.63) is 12.7 Å². The molecule has 0 aliphatic carbocycles. The minimum absolute atomic E-state index is 1.75.